The van der Waals surface area contributed by atoms with Crippen molar-refractivity contribution < 1.29 is 146 Å². The fourth-order valence-electron chi connectivity index (χ4n) is 11.9. The number of hydrogen-bond donors (Lipinski definition) is 33. The van der Waals surface area contributed by atoms with Gasteiger partial charge in [-0.2, -0.15) is 0 Å². The number of pyridine rings is 1. The fraction of sp³-hybridized carbons (Fsp3) is 0.541. The third-order valence-corrected chi connectivity index (χ3v) is 18.9. The smallest absolute Gasteiger partial charge is 0.326 e. The van der Waals surface area contributed by atoms with Gasteiger partial charge in [-0.05, 0) is 78.1 Å². The summed E-state index contributed by atoms with van der Waals surface area (Å²) in [6.07, 6.45) is 0.384. The van der Waals surface area contributed by atoms with Crippen molar-refractivity contribution in [1.29, 1.82) is 10.8 Å². The van der Waals surface area contributed by atoms with E-state index >= 15 is 0 Å². The Kier molecular flexibility index (Phi) is 47.5. The molecule has 57 nitrogen and oxygen atoms in total. The predicted molar refractivity (Wildman–Crippen MR) is 445 cm³/mol. The van der Waals surface area contributed by atoms with Crippen LogP contribution in [0.4, 0.5) is 0 Å². The molecule has 0 saturated carbocycles. The van der Waals surface area contributed by atoms with Gasteiger partial charge in [0, 0.05) is 86.5 Å². The summed E-state index contributed by atoms with van der Waals surface area (Å²) in [5.41, 5.74) is 28.8. The molecule has 3 aromatic heterocycles. The van der Waals surface area contributed by atoms with Crippen molar-refractivity contribution in [3.8, 4) is 5.75 Å². The van der Waals surface area contributed by atoms with Crippen LogP contribution in [0.25, 0.3) is 0 Å². The Bertz CT molecular complexity index is 4540. The van der Waals surface area contributed by atoms with Crippen LogP contribution < -0.4 is 118 Å². The Hall–Kier alpha value is -15.3. The first kappa shape index (κ1) is 110. The fourth-order valence-corrected chi connectivity index (χ4v) is 11.9. The summed E-state index contributed by atoms with van der Waals surface area (Å²) in [5.74, 6) is -27.3. The minimum absolute atomic E-state index is 0.0196. The number of nitrogens with zero attached hydrogens (tertiary/aromatic N) is 3. The number of rotatable bonds is 63. The van der Waals surface area contributed by atoms with Gasteiger partial charge in [0.25, 0.3) is 0 Å². The van der Waals surface area contributed by atoms with Crippen molar-refractivity contribution in [3.63, 3.8) is 0 Å². The topological polar surface area (TPSA) is 952 Å². The number of nitrogens with two attached hydrogens (primary N) is 5. The second kappa shape index (κ2) is 56.7. The molecule has 131 heavy (non-hydrogen) atoms. The predicted octanol–water partition coefficient (Wildman–Crippen LogP) is -12.9. The molecule has 0 fully saturated rings. The number of aromatic amines is 2. The van der Waals surface area contributed by atoms with E-state index in [1.165, 1.54) is 35.8 Å². The second-order valence-electron chi connectivity index (χ2n) is 29.6. The van der Waals surface area contributed by atoms with E-state index in [-0.39, 0.29) is 99.0 Å². The van der Waals surface area contributed by atoms with E-state index in [0.29, 0.717) is 0 Å². The Morgan fingerprint density at radius 1 is 0.382 bits per heavy atom. The number of aliphatic carboxylic acids is 7. The summed E-state index contributed by atoms with van der Waals surface area (Å²) in [4.78, 5) is 285. The van der Waals surface area contributed by atoms with E-state index < -0.39 is 306 Å². The minimum Gasteiger partial charge on any atom is -0.503 e. The first-order valence-corrected chi connectivity index (χ1v) is 40.4. The molecule has 0 aliphatic heterocycles. The zero-order valence-corrected chi connectivity index (χ0v) is 71.0. The zero-order valence-electron chi connectivity index (χ0n) is 71.0. The van der Waals surface area contributed by atoms with E-state index in [1.54, 1.807) is 0 Å². The van der Waals surface area contributed by atoms with E-state index in [4.69, 9.17) is 39.5 Å². The number of carboxylic acids is 7. The maximum absolute atomic E-state index is 14.5. The Morgan fingerprint density at radius 3 is 1.12 bits per heavy atom. The molecule has 722 valence electrons. The third kappa shape index (κ3) is 43.6. The number of H-pyrrole nitrogens is 2. The van der Waals surface area contributed by atoms with Crippen LogP contribution in [0, 0.1) is 10.8 Å². The number of guanidine groups is 2. The number of aryl methyl sites for hydroxylation is 2. The van der Waals surface area contributed by atoms with Crippen molar-refractivity contribution in [3.05, 3.63) is 60.0 Å². The molecule has 0 saturated heterocycles. The van der Waals surface area contributed by atoms with Crippen molar-refractivity contribution in [2.24, 2.45) is 28.7 Å². The van der Waals surface area contributed by atoms with Gasteiger partial charge in [-0.15, -0.1) is 0 Å². The number of carbonyl (C=O) groups excluding carboxylic acids is 14. The van der Waals surface area contributed by atoms with E-state index in [2.05, 4.69) is 105 Å². The lowest BCUT2D eigenvalue weighted by atomic mass is 9.96. The Morgan fingerprint density at radius 2 is 0.756 bits per heavy atom. The minimum atomic E-state index is -1.98. The highest BCUT2D eigenvalue weighted by Gasteiger charge is 2.37. The molecule has 3 rings (SSSR count). The summed E-state index contributed by atoms with van der Waals surface area (Å²) in [6, 6.07) is -21.7. The molecule has 13 atom stereocenters. The van der Waals surface area contributed by atoms with Gasteiger partial charge < -0.3 is 165 Å². The molecular formula is C74H113N28O29+. The molecule has 38 N–H and O–H groups in total. The van der Waals surface area contributed by atoms with Crippen LogP contribution in [0.1, 0.15) is 126 Å². The van der Waals surface area contributed by atoms with Gasteiger partial charge in [0.05, 0.1) is 63.8 Å². The number of carboxylic acid groups (broad SMARTS) is 7. The van der Waals surface area contributed by atoms with E-state index in [0.717, 1.165) is 20.0 Å². The van der Waals surface area contributed by atoms with Gasteiger partial charge in [-0.25, -0.2) is 24.1 Å². The summed E-state index contributed by atoms with van der Waals surface area (Å²) >= 11 is 0. The maximum atomic E-state index is 14.5. The molecule has 0 aliphatic carbocycles. The Balaban J connectivity index is 1.90. The average Bonchev–Trinajstić information content (AvgIpc) is 0.942. The highest BCUT2D eigenvalue weighted by molar-refractivity contribution is 6.00. The number of hydrogen-bond acceptors (Lipinski definition) is 29. The quantitative estimate of drug-likeness (QED) is 0.0108. The van der Waals surface area contributed by atoms with Crippen LogP contribution in [0.3, 0.4) is 0 Å². The van der Waals surface area contributed by atoms with Crippen LogP contribution in [-0.2, 0) is 133 Å². The van der Waals surface area contributed by atoms with Crippen molar-refractivity contribution in [1.82, 2.24) is 105 Å². The van der Waals surface area contributed by atoms with Gasteiger partial charge in [-0.3, -0.25) is 102 Å². The van der Waals surface area contributed by atoms with Crippen molar-refractivity contribution >= 4 is 136 Å². The molecule has 3 unspecified atom stereocenters. The lowest BCUT2D eigenvalue weighted by Crippen LogP contribution is -2.59. The average molecular weight is 1860 g/mol. The van der Waals surface area contributed by atoms with Gasteiger partial charge in [0.1, 0.15) is 73.0 Å². The number of carbonyl (C=O) groups is 21. The second-order valence-corrected chi connectivity index (χ2v) is 29.6. The molecule has 0 spiro atoms. The SMILES string of the molecule is C[C@H](NC(=O)C(CCCC[n+]1cc(O)c(CC(N)C(=O)O)c(CCC(NC(=O)[C@@H](N)CCC(=O)O)C(=O)N[C@@H](C)C(=O)N[C@@H](Cc2cnc[nH]2)C(=O)N[C@@H](CC(=O)O)C(=O)NCC(=O)NCC(=O)N[C@@H](CCCNC(=N)N)C(=O)O)c1)NC(=O)[C@@H](N)CCC(=O)O)C(=O)N[C@@H](Cc1cnc[nH]1)C(=O)N[C@@H](CC(=O)O)C(=O)NCC(=O)NCC(=O)N[C@@H](CCCNC(=N)N)C(=O)O. The normalized spacial score (nSPS) is 13.8. The molecule has 0 aromatic carbocycles. The van der Waals surface area contributed by atoms with Gasteiger partial charge in [-0.1, -0.05) is 0 Å². The number of aromatic hydroxyl groups is 1. The van der Waals surface area contributed by atoms with Gasteiger partial charge >= 0.3 is 41.8 Å². The maximum Gasteiger partial charge on any atom is 0.326 e. The standard InChI is InChI=1S/C74H112N28O29/c1-34(60(116)98-47(19-37-24-82-32-90-37)68(124)100-49(22-58(112)113)64(120)88-26-52(104)86-28-54(106)94-45(71(128)129)8-5-16-84-73(78)79)92-66(122)43(96-62(118)40(75)11-14-56(108)109)7-3-4-18-102-30-36(39(51(103)31-102)21-42(77)70(126)127)10-13-44(97-63(119)41(76)12-15-57(110)111)67(123)93-35(2)61(117)99-48(20-38-25-83-33-91-38)69(125)101-50(23-59(114)115)65(121)89-27-53(105)87-29-55(107)95-46(72(130)131)9-6-17-85-74(80)81/h24-25,30-35,40-50H,3-23,26-29,75-77H2,1-2H3,(H31-,78,79,80,81,82,83,84,85,86,87,88,89,90,91,92,93,94,95,96,97,98,99,100,101,103,104,105,106,107,108,109,110,111,112,113,114,115,116,117,118,119,120,121,122,123,124,125,126,127,128,129,130,131)/p+1/t34-,35-,40-,41-,42?,43?,44?,45-,46-,47-,48-,49-,50-/m0/s1. The molecule has 0 aliphatic rings. The van der Waals surface area contributed by atoms with Gasteiger partial charge in [0.15, 0.2) is 23.9 Å². The summed E-state index contributed by atoms with van der Waals surface area (Å²) in [7, 11) is 0. The lowest BCUT2D eigenvalue weighted by Gasteiger charge is -2.25. The highest BCUT2D eigenvalue weighted by atomic mass is 16.4. The van der Waals surface area contributed by atoms with E-state index in [1.807, 2.05) is 0 Å². The molecule has 0 bridgehead atoms. The molecule has 57 heteroatoms. The van der Waals surface area contributed by atoms with Crippen molar-refractivity contribution in [2.75, 3.05) is 39.3 Å². The number of unbranched alkanes of at least 4 members (excludes halogenated alkanes) is 1. The zero-order chi connectivity index (χ0) is 98.3. The van der Waals surface area contributed by atoms with Crippen LogP contribution in [0.15, 0.2) is 37.4 Å². The van der Waals surface area contributed by atoms with Crippen molar-refractivity contribution in [2.45, 2.75) is 215 Å². The number of aromatic nitrogens is 5. The molecule has 3 heterocycles. The lowest BCUT2D eigenvalue weighted by molar-refractivity contribution is -0.698. The number of nitrogens with one attached hydrogen (secondary N) is 20. The third-order valence-electron chi connectivity index (χ3n) is 18.9. The summed E-state index contributed by atoms with van der Waals surface area (Å²) in [6.45, 7) is -1.08. The highest BCUT2D eigenvalue weighted by Crippen LogP contribution is 2.23. The molecule has 3 aromatic rings. The summed E-state index contributed by atoms with van der Waals surface area (Å²) in [5, 5.41) is 130. The van der Waals surface area contributed by atoms with Crippen LogP contribution in [0.5, 0.6) is 5.75 Å². The molecule has 0 radical (unpaired) electrons. The molecule has 14 amide bonds. The van der Waals surface area contributed by atoms with Crippen LogP contribution in [0.2, 0.25) is 0 Å². The number of amides is 14. The first-order chi connectivity index (χ1) is 61.6. The summed E-state index contributed by atoms with van der Waals surface area (Å²) < 4.78 is 1.37. The molecular weight excluding hydrogens is 1740 g/mol. The van der Waals surface area contributed by atoms with Crippen LogP contribution >= 0.6 is 0 Å². The largest absolute Gasteiger partial charge is 0.503 e. The Labute approximate surface area is 743 Å². The van der Waals surface area contributed by atoms with E-state index in [9.17, 15) is 142 Å². The monoisotopic (exact) mass is 1860 g/mol. The number of imidazole rings is 2. The van der Waals surface area contributed by atoms with Gasteiger partial charge in [0.2, 0.25) is 88.9 Å². The van der Waals surface area contributed by atoms with Crippen LogP contribution in [-0.4, -0.2) is 315 Å². The first-order valence-electron chi connectivity index (χ1n) is 40.4.